The van der Waals surface area contributed by atoms with E-state index in [-0.39, 0.29) is 18.7 Å². The van der Waals surface area contributed by atoms with Crippen LogP contribution in [-0.2, 0) is 22.4 Å². The molecule has 1 rings (SSSR count). The third-order valence-corrected chi connectivity index (χ3v) is 3.31. The third-order valence-electron chi connectivity index (χ3n) is 3.31. The fourth-order valence-electron chi connectivity index (χ4n) is 2.26. The predicted octanol–water partition coefficient (Wildman–Crippen LogP) is 2.99. The number of nitrogens with zero attached hydrogens (tertiary/aromatic N) is 1. The van der Waals surface area contributed by atoms with Gasteiger partial charge in [0.2, 0.25) is 0 Å². The Bertz CT molecular complexity index is 496. The van der Waals surface area contributed by atoms with Crippen molar-refractivity contribution in [2.45, 2.75) is 52.3 Å². The van der Waals surface area contributed by atoms with E-state index in [0.29, 0.717) is 19.6 Å². The molecule has 0 aromatic heterocycles. The Kier molecular flexibility index (Phi) is 7.52. The molecule has 0 spiro atoms. The van der Waals surface area contributed by atoms with Crippen LogP contribution in [-0.4, -0.2) is 48.1 Å². The molecule has 0 aliphatic carbocycles. The summed E-state index contributed by atoms with van der Waals surface area (Å²) in [6.45, 7) is 8.49. The molecule has 1 amide bonds. The van der Waals surface area contributed by atoms with Crippen molar-refractivity contribution in [2.24, 2.45) is 0 Å². The van der Waals surface area contributed by atoms with Crippen LogP contribution in [0, 0.1) is 0 Å². The monoisotopic (exact) mass is 323 g/mol. The van der Waals surface area contributed by atoms with E-state index in [1.165, 1.54) is 0 Å². The molecule has 1 aromatic carbocycles. The Morgan fingerprint density at radius 2 is 1.96 bits per heavy atom. The molecule has 1 aromatic rings. The van der Waals surface area contributed by atoms with E-state index in [1.807, 2.05) is 52.0 Å². The van der Waals surface area contributed by atoms with Crippen molar-refractivity contribution in [3.8, 4) is 0 Å². The number of hydrogen-bond acceptors (Lipinski definition) is 4. The molecule has 23 heavy (non-hydrogen) atoms. The third kappa shape index (κ3) is 7.01. The molecule has 1 unspecified atom stereocenters. The molecule has 0 saturated carbocycles. The highest BCUT2D eigenvalue weighted by atomic mass is 16.6. The van der Waals surface area contributed by atoms with Gasteiger partial charge >= 0.3 is 6.09 Å². The minimum absolute atomic E-state index is 0.101. The van der Waals surface area contributed by atoms with Gasteiger partial charge in [-0.1, -0.05) is 24.3 Å². The van der Waals surface area contributed by atoms with E-state index in [4.69, 9.17) is 14.6 Å². The molecule has 0 radical (unpaired) electrons. The first-order valence-corrected chi connectivity index (χ1v) is 7.94. The molecule has 130 valence electrons. The van der Waals surface area contributed by atoms with Crippen LogP contribution in [0.5, 0.6) is 0 Å². The molecule has 0 saturated heterocycles. The lowest BCUT2D eigenvalue weighted by Crippen LogP contribution is -2.43. The Balaban J connectivity index is 2.92. The molecule has 5 heteroatoms. The minimum atomic E-state index is -0.541. The Morgan fingerprint density at radius 3 is 2.52 bits per heavy atom. The van der Waals surface area contributed by atoms with Crippen LogP contribution < -0.4 is 0 Å². The van der Waals surface area contributed by atoms with Crippen molar-refractivity contribution in [1.29, 1.82) is 0 Å². The first kappa shape index (κ1) is 19.5. The largest absolute Gasteiger partial charge is 0.444 e. The lowest BCUT2D eigenvalue weighted by molar-refractivity contribution is 0.00615. The quantitative estimate of drug-likeness (QED) is 0.838. The SMILES string of the molecule is COCC(C)N(Cc1cccc(CCO)c1)C(=O)OC(C)(C)C. The lowest BCUT2D eigenvalue weighted by Gasteiger charge is -2.31. The van der Waals surface area contributed by atoms with Crippen LogP contribution >= 0.6 is 0 Å². The molecule has 0 aliphatic heterocycles. The standard InChI is InChI=1S/C18H29NO4/c1-14(13-22-5)19(17(21)23-18(2,3)4)12-16-8-6-7-15(11-16)9-10-20/h6-8,11,14,20H,9-10,12-13H2,1-5H3. The summed E-state index contributed by atoms with van der Waals surface area (Å²) >= 11 is 0. The fraction of sp³-hybridized carbons (Fsp3) is 0.611. The summed E-state index contributed by atoms with van der Waals surface area (Å²) in [7, 11) is 1.62. The van der Waals surface area contributed by atoms with Crippen LogP contribution in [0.3, 0.4) is 0 Å². The number of ether oxygens (including phenoxy) is 2. The van der Waals surface area contributed by atoms with E-state index in [1.54, 1.807) is 12.0 Å². The van der Waals surface area contributed by atoms with Gasteiger partial charge in [-0.2, -0.15) is 0 Å². The molecule has 5 nitrogen and oxygen atoms in total. The average molecular weight is 323 g/mol. The van der Waals surface area contributed by atoms with E-state index < -0.39 is 5.60 Å². The Labute approximate surface area is 139 Å². The summed E-state index contributed by atoms with van der Waals surface area (Å²) in [5.41, 5.74) is 1.51. The molecule has 0 aliphatic rings. The van der Waals surface area contributed by atoms with Crippen molar-refractivity contribution in [1.82, 2.24) is 4.90 Å². The van der Waals surface area contributed by atoms with Gasteiger partial charge in [0.1, 0.15) is 5.60 Å². The van der Waals surface area contributed by atoms with Gasteiger partial charge < -0.3 is 14.6 Å². The summed E-state index contributed by atoms with van der Waals surface area (Å²) in [6.07, 6.45) is 0.253. The van der Waals surface area contributed by atoms with Crippen molar-refractivity contribution in [2.75, 3.05) is 20.3 Å². The van der Waals surface area contributed by atoms with Crippen LogP contribution in [0.25, 0.3) is 0 Å². The summed E-state index contributed by atoms with van der Waals surface area (Å²) in [4.78, 5) is 14.2. The molecule has 1 atom stereocenters. The maximum atomic E-state index is 12.5. The highest BCUT2D eigenvalue weighted by molar-refractivity contribution is 5.68. The van der Waals surface area contributed by atoms with Gasteiger partial charge in [0, 0.05) is 20.3 Å². The number of methoxy groups -OCH3 is 1. The first-order valence-electron chi connectivity index (χ1n) is 7.94. The zero-order valence-corrected chi connectivity index (χ0v) is 14.8. The van der Waals surface area contributed by atoms with Crippen molar-refractivity contribution >= 4 is 6.09 Å². The Hall–Kier alpha value is -1.59. The van der Waals surface area contributed by atoms with Gasteiger partial charge in [0.25, 0.3) is 0 Å². The zero-order valence-electron chi connectivity index (χ0n) is 14.8. The van der Waals surface area contributed by atoms with Crippen LogP contribution in [0.15, 0.2) is 24.3 Å². The minimum Gasteiger partial charge on any atom is -0.444 e. The number of rotatable bonds is 7. The average Bonchev–Trinajstić information content (AvgIpc) is 2.44. The number of benzene rings is 1. The number of aliphatic hydroxyl groups is 1. The second-order valence-electron chi connectivity index (χ2n) is 6.71. The number of amides is 1. The highest BCUT2D eigenvalue weighted by Gasteiger charge is 2.26. The Morgan fingerprint density at radius 1 is 1.30 bits per heavy atom. The highest BCUT2D eigenvalue weighted by Crippen LogP contribution is 2.16. The zero-order chi connectivity index (χ0) is 17.5. The van der Waals surface area contributed by atoms with Gasteiger partial charge in [-0.15, -0.1) is 0 Å². The molecular formula is C18H29NO4. The first-order chi connectivity index (χ1) is 10.8. The predicted molar refractivity (Wildman–Crippen MR) is 90.3 cm³/mol. The molecular weight excluding hydrogens is 294 g/mol. The smallest absolute Gasteiger partial charge is 0.410 e. The lowest BCUT2D eigenvalue weighted by atomic mass is 10.1. The van der Waals surface area contributed by atoms with E-state index in [9.17, 15) is 4.79 Å². The summed E-state index contributed by atoms with van der Waals surface area (Å²) in [5, 5.41) is 9.07. The normalized spacial score (nSPS) is 12.8. The summed E-state index contributed by atoms with van der Waals surface area (Å²) < 4.78 is 10.7. The maximum absolute atomic E-state index is 12.5. The van der Waals surface area contributed by atoms with Gasteiger partial charge in [0.15, 0.2) is 0 Å². The van der Waals surface area contributed by atoms with Crippen molar-refractivity contribution in [3.05, 3.63) is 35.4 Å². The second-order valence-corrected chi connectivity index (χ2v) is 6.71. The molecule has 0 bridgehead atoms. The van der Waals surface area contributed by atoms with E-state index in [0.717, 1.165) is 11.1 Å². The molecule has 1 N–H and O–H groups in total. The summed E-state index contributed by atoms with van der Waals surface area (Å²) in [6, 6.07) is 7.78. The van der Waals surface area contributed by atoms with Crippen molar-refractivity contribution in [3.63, 3.8) is 0 Å². The van der Waals surface area contributed by atoms with Gasteiger partial charge in [-0.05, 0) is 45.2 Å². The van der Waals surface area contributed by atoms with Crippen LogP contribution in [0.4, 0.5) is 4.79 Å². The number of hydrogen-bond donors (Lipinski definition) is 1. The fourth-order valence-corrected chi connectivity index (χ4v) is 2.26. The maximum Gasteiger partial charge on any atom is 0.410 e. The van der Waals surface area contributed by atoms with Gasteiger partial charge in [-0.3, -0.25) is 4.90 Å². The summed E-state index contributed by atoms with van der Waals surface area (Å²) in [5.74, 6) is 0. The molecule has 0 heterocycles. The number of carbonyl (C=O) groups is 1. The van der Waals surface area contributed by atoms with Crippen LogP contribution in [0.1, 0.15) is 38.8 Å². The number of aliphatic hydroxyl groups excluding tert-OH is 1. The van der Waals surface area contributed by atoms with Gasteiger partial charge in [-0.25, -0.2) is 4.79 Å². The number of carbonyl (C=O) groups excluding carboxylic acids is 1. The van der Waals surface area contributed by atoms with E-state index >= 15 is 0 Å². The molecule has 0 fully saturated rings. The van der Waals surface area contributed by atoms with Crippen molar-refractivity contribution < 1.29 is 19.4 Å². The second kappa shape index (κ2) is 8.89. The van der Waals surface area contributed by atoms with Crippen LogP contribution in [0.2, 0.25) is 0 Å². The topological polar surface area (TPSA) is 59.0 Å². The van der Waals surface area contributed by atoms with Gasteiger partial charge in [0.05, 0.1) is 12.6 Å². The van der Waals surface area contributed by atoms with E-state index in [2.05, 4.69) is 0 Å².